The Morgan fingerprint density at radius 2 is 1.41 bits per heavy atom. The molecule has 0 saturated heterocycles. The Balaban J connectivity index is 1.85. The van der Waals surface area contributed by atoms with Crippen molar-refractivity contribution in [2.24, 2.45) is 0 Å². The number of fused-ring (bicyclic) bond motifs is 1. The van der Waals surface area contributed by atoms with Gasteiger partial charge in [-0.2, -0.15) is 0 Å². The van der Waals surface area contributed by atoms with Gasteiger partial charge in [-0.3, -0.25) is 4.79 Å². The molecule has 4 heteroatoms. The Kier molecular flexibility index (Phi) is 5.28. The molecule has 0 N–H and O–H groups in total. The van der Waals surface area contributed by atoms with E-state index >= 15 is 0 Å². The maximum Gasteiger partial charge on any atom is 0.164 e. The first kappa shape index (κ1) is 18.2. The van der Waals surface area contributed by atoms with E-state index in [1.54, 1.807) is 30.6 Å². The highest BCUT2D eigenvalue weighted by Gasteiger charge is 2.46. The zero-order chi connectivity index (χ0) is 18.7. The molecule has 136 valence electrons. The van der Waals surface area contributed by atoms with Crippen LogP contribution in [-0.2, 0) is 15.3 Å². The Hall–Kier alpha value is -2.17. The van der Waals surface area contributed by atoms with Gasteiger partial charge in [0.1, 0.15) is 5.75 Å². The lowest BCUT2D eigenvalue weighted by atomic mass is 9.89. The number of aryl methyl sites for hydroxylation is 1. The van der Waals surface area contributed by atoms with Gasteiger partial charge in [0.2, 0.25) is 0 Å². The van der Waals surface area contributed by atoms with Crippen molar-refractivity contribution in [1.29, 1.82) is 0 Å². The third kappa shape index (κ3) is 3.64. The second-order valence-electron chi connectivity index (χ2n) is 6.39. The molecule has 3 aromatic carbocycles. The fraction of sp³-hybridized carbons (Fsp3) is 0.174. The normalized spacial score (nSPS) is 15.2. The molecule has 2 nitrogen and oxygen atoms in total. The second kappa shape index (κ2) is 7.83. The number of carbonyl (C=O) groups excluding carboxylic acids is 1. The molecular weight excluding hydrogens is 372 g/mol. The third-order valence-electron chi connectivity index (χ3n) is 4.67. The number of hydrogen-bond acceptors (Lipinski definition) is 4. The van der Waals surface area contributed by atoms with Crippen molar-refractivity contribution < 1.29 is 9.53 Å². The smallest absolute Gasteiger partial charge is 0.164 e. The summed E-state index contributed by atoms with van der Waals surface area (Å²) in [6, 6.07) is 26.5. The molecule has 0 atom stereocenters. The molecule has 0 fully saturated rings. The van der Waals surface area contributed by atoms with Crippen molar-refractivity contribution in [1.82, 2.24) is 0 Å². The largest absolute Gasteiger partial charge is 0.497 e. The van der Waals surface area contributed by atoms with Gasteiger partial charge >= 0.3 is 0 Å². The van der Waals surface area contributed by atoms with Crippen LogP contribution in [0.5, 0.6) is 5.75 Å². The number of ether oxygens (including phenoxy) is 1. The number of benzene rings is 3. The molecule has 0 heterocycles. The molecule has 0 saturated carbocycles. The molecule has 3 aromatic rings. The SMILES string of the molecule is COc1ccc2c(c1)CCC(=O)C2(Sc1ccccc1)Sc1ccccc1. The molecule has 0 unspecified atom stereocenters. The van der Waals surface area contributed by atoms with Gasteiger partial charge in [-0.25, -0.2) is 0 Å². The molecule has 0 aliphatic heterocycles. The van der Waals surface area contributed by atoms with E-state index in [2.05, 4.69) is 36.4 Å². The number of carbonyl (C=O) groups is 1. The van der Waals surface area contributed by atoms with Crippen LogP contribution in [0, 0.1) is 0 Å². The van der Waals surface area contributed by atoms with Gasteiger partial charge in [-0.05, 0) is 53.9 Å². The highest BCUT2D eigenvalue weighted by Crippen LogP contribution is 2.57. The lowest BCUT2D eigenvalue weighted by molar-refractivity contribution is -0.119. The molecule has 0 radical (unpaired) electrons. The summed E-state index contributed by atoms with van der Waals surface area (Å²) in [5.74, 6) is 1.11. The second-order valence-corrected chi connectivity index (χ2v) is 9.23. The van der Waals surface area contributed by atoms with Crippen LogP contribution in [0.2, 0.25) is 0 Å². The van der Waals surface area contributed by atoms with Crippen LogP contribution >= 0.6 is 23.5 Å². The van der Waals surface area contributed by atoms with Crippen molar-refractivity contribution >= 4 is 29.3 Å². The van der Waals surface area contributed by atoms with Crippen molar-refractivity contribution in [2.45, 2.75) is 26.7 Å². The zero-order valence-electron chi connectivity index (χ0n) is 15.1. The maximum atomic E-state index is 13.4. The zero-order valence-corrected chi connectivity index (χ0v) is 16.7. The first-order valence-electron chi connectivity index (χ1n) is 8.90. The third-order valence-corrected chi connectivity index (χ3v) is 7.65. The van der Waals surface area contributed by atoms with Crippen LogP contribution in [0.15, 0.2) is 88.7 Å². The van der Waals surface area contributed by atoms with E-state index < -0.39 is 4.08 Å². The summed E-state index contributed by atoms with van der Waals surface area (Å²) in [7, 11) is 1.68. The fourth-order valence-electron chi connectivity index (χ4n) is 3.34. The highest BCUT2D eigenvalue weighted by atomic mass is 32.2. The molecule has 4 rings (SSSR count). The summed E-state index contributed by atoms with van der Waals surface area (Å²) in [6.07, 6.45) is 1.30. The van der Waals surface area contributed by atoms with Gasteiger partial charge in [-0.1, -0.05) is 66.0 Å². The van der Waals surface area contributed by atoms with Crippen LogP contribution < -0.4 is 4.74 Å². The minimum Gasteiger partial charge on any atom is -0.497 e. The first-order chi connectivity index (χ1) is 13.2. The number of thioether (sulfide) groups is 2. The average molecular weight is 393 g/mol. The standard InChI is InChI=1S/C23H20O2S2/c1-25-18-13-14-21-17(16-18)12-15-22(24)23(21,26-19-8-4-2-5-9-19)27-20-10-6-3-7-11-20/h2-11,13-14,16H,12,15H2,1H3. The summed E-state index contributed by atoms with van der Waals surface area (Å²) < 4.78 is 4.72. The Labute approximate surface area is 168 Å². The molecule has 27 heavy (non-hydrogen) atoms. The summed E-state index contributed by atoms with van der Waals surface area (Å²) in [5.41, 5.74) is 2.28. The minimum absolute atomic E-state index is 0.267. The lowest BCUT2D eigenvalue weighted by Gasteiger charge is -2.37. The van der Waals surface area contributed by atoms with Crippen molar-refractivity contribution in [2.75, 3.05) is 7.11 Å². The topological polar surface area (TPSA) is 26.3 Å². The molecule has 0 bridgehead atoms. The van der Waals surface area contributed by atoms with Crippen LogP contribution in [0.1, 0.15) is 17.5 Å². The molecule has 0 amide bonds. The van der Waals surface area contributed by atoms with Gasteiger partial charge in [0.15, 0.2) is 9.86 Å². The highest BCUT2D eigenvalue weighted by molar-refractivity contribution is 8.18. The summed E-state index contributed by atoms with van der Waals surface area (Å²) in [4.78, 5) is 15.6. The van der Waals surface area contributed by atoms with E-state index in [1.807, 2.05) is 42.5 Å². The Bertz CT molecular complexity index is 898. The Morgan fingerprint density at radius 3 is 1.96 bits per heavy atom. The number of Topliss-reactive ketones (excluding diaryl/α,β-unsaturated/α-hetero) is 1. The van der Waals surface area contributed by atoms with Crippen molar-refractivity contribution in [3.8, 4) is 5.75 Å². The van der Waals surface area contributed by atoms with E-state index in [0.29, 0.717) is 6.42 Å². The summed E-state index contributed by atoms with van der Waals surface area (Å²) in [5, 5.41) is 0. The molecule has 0 aromatic heterocycles. The van der Waals surface area contributed by atoms with Gasteiger partial charge in [-0.15, -0.1) is 0 Å². The monoisotopic (exact) mass is 392 g/mol. The number of rotatable bonds is 5. The van der Waals surface area contributed by atoms with Crippen molar-refractivity contribution in [3.05, 3.63) is 90.0 Å². The van der Waals surface area contributed by atoms with Crippen molar-refractivity contribution in [3.63, 3.8) is 0 Å². The lowest BCUT2D eigenvalue weighted by Crippen LogP contribution is -2.34. The predicted octanol–water partition coefficient (Wildman–Crippen LogP) is 5.95. The number of ketones is 1. The van der Waals surface area contributed by atoms with Gasteiger partial charge in [0.25, 0.3) is 0 Å². The number of methoxy groups -OCH3 is 1. The first-order valence-corrected chi connectivity index (χ1v) is 10.5. The van der Waals surface area contributed by atoms with E-state index in [4.69, 9.17) is 4.74 Å². The van der Waals surface area contributed by atoms with Gasteiger partial charge in [0.05, 0.1) is 7.11 Å². The number of hydrogen-bond donors (Lipinski definition) is 0. The van der Waals surface area contributed by atoms with Crippen LogP contribution in [0.25, 0.3) is 0 Å². The Morgan fingerprint density at radius 1 is 0.815 bits per heavy atom. The van der Waals surface area contributed by atoms with Gasteiger partial charge < -0.3 is 4.74 Å². The summed E-state index contributed by atoms with van der Waals surface area (Å²) >= 11 is 3.29. The fourth-order valence-corrected chi connectivity index (χ4v) is 6.39. The van der Waals surface area contributed by atoms with E-state index in [1.165, 1.54) is 5.56 Å². The van der Waals surface area contributed by atoms with Crippen LogP contribution in [0.4, 0.5) is 0 Å². The predicted molar refractivity (Wildman–Crippen MR) is 113 cm³/mol. The maximum absolute atomic E-state index is 13.4. The molecule has 1 aliphatic carbocycles. The molecular formula is C23H20O2S2. The summed E-state index contributed by atoms with van der Waals surface area (Å²) in [6.45, 7) is 0. The van der Waals surface area contributed by atoms with Crippen LogP contribution in [0.3, 0.4) is 0 Å². The average Bonchev–Trinajstić information content (AvgIpc) is 2.72. The quantitative estimate of drug-likeness (QED) is 0.501. The molecule has 1 aliphatic rings. The van der Waals surface area contributed by atoms with Gasteiger partial charge in [0, 0.05) is 16.2 Å². The van der Waals surface area contributed by atoms with E-state index in [0.717, 1.165) is 27.5 Å². The minimum atomic E-state index is -0.692. The van der Waals surface area contributed by atoms with E-state index in [-0.39, 0.29) is 5.78 Å². The van der Waals surface area contributed by atoms with E-state index in [9.17, 15) is 4.79 Å². The van der Waals surface area contributed by atoms with Crippen LogP contribution in [-0.4, -0.2) is 12.9 Å². The molecule has 0 spiro atoms.